The van der Waals surface area contributed by atoms with Crippen molar-refractivity contribution < 1.29 is 0 Å². The molecular formula is C12H27Br6Te3. The zero-order valence-corrected chi connectivity index (χ0v) is 29.4. The van der Waals surface area contributed by atoms with Crippen LogP contribution in [0.4, 0.5) is 0 Å². The second-order valence-electron chi connectivity index (χ2n) is 3.52. The maximum absolute atomic E-state index is 3.48. The van der Waals surface area contributed by atoms with Gasteiger partial charge in [0.25, 0.3) is 0 Å². The predicted octanol–water partition coefficient (Wildman–Crippen LogP) is 6.97. The van der Waals surface area contributed by atoms with Crippen LogP contribution < -0.4 is 0 Å². The first-order chi connectivity index (χ1) is 8.42. The number of alkyl halides is 3. The average Bonchev–Trinajstić information content (AvgIpc) is 2.45. The first-order valence-corrected chi connectivity index (χ1v) is 13.8. The molecule has 0 nitrogen and oxygen atoms in total. The Balaban J connectivity index is -0.0000000375. The second kappa shape index (κ2) is 36.2. The van der Waals surface area contributed by atoms with Gasteiger partial charge in [-0.05, 0) is 0 Å². The van der Waals surface area contributed by atoms with Crippen LogP contribution >= 0.6 is 98.7 Å². The molecule has 0 aliphatic carbocycles. The van der Waals surface area contributed by atoms with Gasteiger partial charge in [0, 0.05) is 0 Å². The summed E-state index contributed by atoms with van der Waals surface area (Å²) in [5.41, 5.74) is 0. The normalized spacial score (nSPS) is 12.4. The third kappa shape index (κ3) is 45.9. The molecule has 3 radical (unpaired) electrons. The molecule has 3 atom stereocenters. The summed E-state index contributed by atoms with van der Waals surface area (Å²) >= 11 is 16.8. The van der Waals surface area contributed by atoms with Crippen LogP contribution in [0.15, 0.2) is 0 Å². The van der Waals surface area contributed by atoms with E-state index in [1.165, 1.54) is 32.7 Å². The van der Waals surface area contributed by atoms with Gasteiger partial charge in [-0.3, -0.25) is 0 Å². The van der Waals surface area contributed by atoms with Crippen molar-refractivity contribution in [3.8, 4) is 0 Å². The third-order valence-corrected chi connectivity index (χ3v) is 12.2. The molecule has 0 bridgehead atoms. The van der Waals surface area contributed by atoms with Crippen molar-refractivity contribution in [3.05, 3.63) is 0 Å². The molecule has 135 valence electrons. The topological polar surface area (TPSA) is 0 Å². The number of hydrogen-bond donors (Lipinski definition) is 0. The van der Waals surface area contributed by atoms with E-state index in [4.69, 9.17) is 0 Å². The quantitative estimate of drug-likeness (QED) is 0.200. The predicted molar refractivity (Wildman–Crippen MR) is 132 cm³/mol. The van der Waals surface area contributed by atoms with Crippen LogP contribution in [-0.2, 0) is 0 Å². The van der Waals surface area contributed by atoms with Gasteiger partial charge in [-0.15, -0.1) is 50.9 Å². The molecule has 0 amide bonds. The molecule has 3 unspecified atom stereocenters. The van der Waals surface area contributed by atoms with Crippen LogP contribution in [-0.4, -0.2) is 81.4 Å². The molecule has 0 saturated carbocycles. The fraction of sp³-hybridized carbons (Fsp3) is 1.00. The third-order valence-electron chi connectivity index (χ3n) is 1.87. The Morgan fingerprint density at radius 3 is 0.714 bits per heavy atom. The molecule has 0 rings (SSSR count). The van der Waals surface area contributed by atoms with Crippen LogP contribution in [0.1, 0.15) is 40.0 Å². The first-order valence-electron chi connectivity index (χ1n) is 6.09. The van der Waals surface area contributed by atoms with Crippen molar-refractivity contribution in [2.75, 3.05) is 0 Å². The Kier molecular flexibility index (Phi) is 70.4. The van der Waals surface area contributed by atoms with Gasteiger partial charge in [0.1, 0.15) is 0 Å². The SMILES string of the molecule is Br.Br.Br.CCC(Br)C[Te].CCC(Br)C[Te].CCC(Br)C[Te]. The van der Waals surface area contributed by atoms with Gasteiger partial charge in [-0.25, -0.2) is 0 Å². The molecule has 21 heavy (non-hydrogen) atoms. The molecule has 9 heteroatoms. The van der Waals surface area contributed by atoms with Gasteiger partial charge in [0.05, 0.1) is 0 Å². The van der Waals surface area contributed by atoms with E-state index in [1.807, 2.05) is 0 Å². The Labute approximate surface area is 229 Å². The molecular weight excluding hydrogens is 1010 g/mol. The Hall–Kier alpha value is 5.25. The summed E-state index contributed by atoms with van der Waals surface area (Å²) < 4.78 is 3.77. The molecule has 0 aromatic rings. The molecule has 0 aliphatic heterocycles. The van der Waals surface area contributed by atoms with E-state index in [0.717, 1.165) is 14.5 Å². The van der Waals surface area contributed by atoms with E-state index in [2.05, 4.69) is 135 Å². The summed E-state index contributed by atoms with van der Waals surface area (Å²) in [5.74, 6) is 0. The number of hydrogen-bond acceptors (Lipinski definition) is 0. The van der Waals surface area contributed by atoms with E-state index >= 15 is 0 Å². The molecule has 0 aromatic heterocycles. The van der Waals surface area contributed by atoms with Crippen LogP contribution in [0.3, 0.4) is 0 Å². The van der Waals surface area contributed by atoms with E-state index < -0.39 is 0 Å². The first kappa shape index (κ1) is 40.8. The second-order valence-corrected chi connectivity index (χ2v) is 10.3. The molecule has 0 fully saturated rings. The van der Waals surface area contributed by atoms with Gasteiger partial charge in [-0.1, -0.05) is 0 Å². The minimum absolute atomic E-state index is 0. The van der Waals surface area contributed by atoms with Crippen LogP contribution in [0.2, 0.25) is 13.4 Å². The minimum atomic E-state index is 0. The monoisotopic (exact) mass is 1030 g/mol. The number of rotatable bonds is 6. The summed E-state index contributed by atoms with van der Waals surface area (Å²) in [4.78, 5) is 2.26. The Morgan fingerprint density at radius 2 is 0.714 bits per heavy atom. The van der Waals surface area contributed by atoms with E-state index in [9.17, 15) is 0 Å². The summed E-state index contributed by atoms with van der Waals surface area (Å²) in [5, 5.41) is 0. The van der Waals surface area contributed by atoms with Crippen molar-refractivity contribution in [1.29, 1.82) is 0 Å². The average molecular weight is 1030 g/mol. The molecule has 0 heterocycles. The van der Waals surface area contributed by atoms with Crippen molar-refractivity contribution in [1.82, 2.24) is 0 Å². The molecule has 0 aromatic carbocycles. The molecule has 0 saturated heterocycles. The fourth-order valence-electron chi connectivity index (χ4n) is 0.354. The molecule has 0 aliphatic rings. The summed E-state index contributed by atoms with van der Waals surface area (Å²) in [6.07, 6.45) is 3.75. The molecule has 0 spiro atoms. The van der Waals surface area contributed by atoms with Gasteiger partial charge < -0.3 is 0 Å². The maximum atomic E-state index is 3.48. The van der Waals surface area contributed by atoms with Crippen molar-refractivity contribution in [3.63, 3.8) is 0 Å². The zero-order valence-electron chi connectivity index (χ0n) is 12.6. The fourth-order valence-corrected chi connectivity index (χ4v) is 2.37. The van der Waals surface area contributed by atoms with E-state index in [0.29, 0.717) is 0 Å². The summed E-state index contributed by atoms with van der Waals surface area (Å²) in [6, 6.07) is 0. The standard InChI is InChI=1S/3C4H8BrTe.3BrH/c3*1-2-4(5)3-6;;;/h3*4H,2-3H2,1H3;3*1H. The van der Waals surface area contributed by atoms with Gasteiger partial charge in [0.2, 0.25) is 0 Å². The molecule has 0 N–H and O–H groups in total. The van der Waals surface area contributed by atoms with Crippen molar-refractivity contribution in [2.45, 2.75) is 67.9 Å². The van der Waals surface area contributed by atoms with Gasteiger partial charge in [-0.2, -0.15) is 0 Å². The zero-order chi connectivity index (χ0) is 15.0. The summed E-state index contributed by atoms with van der Waals surface area (Å²) in [7, 11) is 0. The van der Waals surface area contributed by atoms with E-state index in [1.54, 1.807) is 0 Å². The number of halogens is 6. The van der Waals surface area contributed by atoms with Crippen LogP contribution in [0.25, 0.3) is 0 Å². The van der Waals surface area contributed by atoms with Gasteiger partial charge >= 0.3 is 183 Å². The van der Waals surface area contributed by atoms with Crippen LogP contribution in [0.5, 0.6) is 0 Å². The van der Waals surface area contributed by atoms with Crippen LogP contribution in [0, 0.1) is 0 Å². The van der Waals surface area contributed by atoms with E-state index in [-0.39, 0.29) is 50.9 Å². The van der Waals surface area contributed by atoms with Crippen molar-refractivity contribution >= 4 is 166 Å². The Morgan fingerprint density at radius 1 is 0.571 bits per heavy atom. The summed E-state index contributed by atoms with van der Waals surface area (Å²) in [6.45, 7) is 6.56. The van der Waals surface area contributed by atoms with Crippen molar-refractivity contribution in [2.24, 2.45) is 0 Å². The van der Waals surface area contributed by atoms with Gasteiger partial charge in [0.15, 0.2) is 0 Å². The Bertz CT molecular complexity index is 110.